The van der Waals surface area contributed by atoms with Gasteiger partial charge in [0.1, 0.15) is 5.75 Å². The molecule has 0 aliphatic rings. The van der Waals surface area contributed by atoms with Crippen molar-refractivity contribution in [2.45, 2.75) is 25.8 Å². The van der Waals surface area contributed by atoms with Gasteiger partial charge in [-0.3, -0.25) is 4.99 Å². The van der Waals surface area contributed by atoms with Gasteiger partial charge in [0.2, 0.25) is 0 Å². The van der Waals surface area contributed by atoms with Crippen molar-refractivity contribution >= 4 is 5.96 Å². The maximum absolute atomic E-state index is 5.48. The lowest BCUT2D eigenvalue weighted by atomic mass is 9.98. The molecule has 0 aliphatic heterocycles. The van der Waals surface area contributed by atoms with Crippen LogP contribution in [0.4, 0.5) is 0 Å². The van der Waals surface area contributed by atoms with Crippen LogP contribution in [0.5, 0.6) is 17.2 Å². The van der Waals surface area contributed by atoms with Crippen LogP contribution in [0.15, 0.2) is 47.5 Å². The van der Waals surface area contributed by atoms with Crippen LogP contribution >= 0.6 is 0 Å². The molecular formula is C22H31N3O3. The van der Waals surface area contributed by atoms with E-state index < -0.39 is 0 Å². The number of benzene rings is 2. The van der Waals surface area contributed by atoms with Crippen molar-refractivity contribution in [1.29, 1.82) is 0 Å². The van der Waals surface area contributed by atoms with E-state index in [1.165, 1.54) is 5.56 Å². The number of hydrogen-bond donors (Lipinski definition) is 2. The topological polar surface area (TPSA) is 64.1 Å². The highest BCUT2D eigenvalue weighted by atomic mass is 16.5. The molecule has 0 spiro atoms. The van der Waals surface area contributed by atoms with Crippen LogP contribution in [0, 0.1) is 0 Å². The molecule has 2 rings (SSSR count). The fraction of sp³-hybridized carbons (Fsp3) is 0.409. The van der Waals surface area contributed by atoms with E-state index in [1.54, 1.807) is 28.4 Å². The van der Waals surface area contributed by atoms with Crippen LogP contribution in [-0.4, -0.2) is 40.9 Å². The Labute approximate surface area is 167 Å². The van der Waals surface area contributed by atoms with E-state index >= 15 is 0 Å². The SMILES string of the molecule is CN=C(NCCC(C)c1ccc(OC)cc1)NCc1cccc(OC)c1OC. The molecule has 0 aromatic heterocycles. The first-order valence-corrected chi connectivity index (χ1v) is 9.41. The van der Waals surface area contributed by atoms with Crippen LogP contribution in [0.1, 0.15) is 30.4 Å². The van der Waals surface area contributed by atoms with Crippen LogP contribution < -0.4 is 24.8 Å². The molecule has 0 bridgehead atoms. The van der Waals surface area contributed by atoms with E-state index in [9.17, 15) is 0 Å². The van der Waals surface area contributed by atoms with Gasteiger partial charge in [-0.1, -0.05) is 31.2 Å². The normalized spacial score (nSPS) is 12.2. The molecular weight excluding hydrogens is 354 g/mol. The van der Waals surface area contributed by atoms with E-state index in [4.69, 9.17) is 14.2 Å². The standard InChI is InChI=1S/C22H31N3O3/c1-16(17-9-11-19(26-3)12-10-17)13-14-24-22(23-2)25-15-18-7-6-8-20(27-4)21(18)28-5/h6-12,16H,13-15H2,1-5H3,(H2,23,24,25). The number of para-hydroxylation sites is 1. The first kappa shape index (κ1) is 21.4. The highest BCUT2D eigenvalue weighted by Gasteiger charge is 2.10. The van der Waals surface area contributed by atoms with Crippen molar-refractivity contribution < 1.29 is 14.2 Å². The molecule has 0 amide bonds. The molecule has 0 saturated heterocycles. The summed E-state index contributed by atoms with van der Waals surface area (Å²) in [5, 5.41) is 6.70. The zero-order chi connectivity index (χ0) is 20.4. The Balaban J connectivity index is 1.84. The van der Waals surface area contributed by atoms with E-state index in [0.29, 0.717) is 12.5 Å². The Morgan fingerprint density at radius 1 is 0.964 bits per heavy atom. The number of hydrogen-bond acceptors (Lipinski definition) is 4. The molecule has 1 atom stereocenters. The largest absolute Gasteiger partial charge is 0.497 e. The molecule has 2 aromatic rings. The first-order chi connectivity index (χ1) is 13.6. The molecule has 2 aromatic carbocycles. The Bertz CT molecular complexity index is 760. The number of nitrogens with one attached hydrogen (secondary N) is 2. The summed E-state index contributed by atoms with van der Waals surface area (Å²) < 4.78 is 16.0. The van der Waals surface area contributed by atoms with Gasteiger partial charge in [0.25, 0.3) is 0 Å². The number of rotatable bonds is 9. The van der Waals surface area contributed by atoms with Crippen molar-refractivity contribution in [3.8, 4) is 17.2 Å². The van der Waals surface area contributed by atoms with Crippen LogP contribution in [0.25, 0.3) is 0 Å². The summed E-state index contributed by atoms with van der Waals surface area (Å²) in [6, 6.07) is 14.1. The average molecular weight is 386 g/mol. The van der Waals surface area contributed by atoms with Gasteiger partial charge in [-0.05, 0) is 36.1 Å². The summed E-state index contributed by atoms with van der Waals surface area (Å²) in [7, 11) is 6.74. The van der Waals surface area contributed by atoms with E-state index in [1.807, 2.05) is 30.3 Å². The lowest BCUT2D eigenvalue weighted by Crippen LogP contribution is -2.37. The molecule has 1 unspecified atom stereocenters. The summed E-state index contributed by atoms with van der Waals surface area (Å²) in [5.74, 6) is 3.53. The second-order valence-corrected chi connectivity index (χ2v) is 6.47. The Morgan fingerprint density at radius 2 is 1.71 bits per heavy atom. The van der Waals surface area contributed by atoms with Crippen LogP contribution in [0.2, 0.25) is 0 Å². The van der Waals surface area contributed by atoms with Gasteiger partial charge in [0.05, 0.1) is 21.3 Å². The van der Waals surface area contributed by atoms with Crippen molar-refractivity contribution in [2.24, 2.45) is 4.99 Å². The lowest BCUT2D eigenvalue weighted by molar-refractivity contribution is 0.351. The average Bonchev–Trinajstić information content (AvgIpc) is 2.75. The number of nitrogens with zero attached hydrogens (tertiary/aromatic N) is 1. The van der Waals surface area contributed by atoms with E-state index in [-0.39, 0.29) is 0 Å². The molecule has 0 saturated carbocycles. The van der Waals surface area contributed by atoms with E-state index in [0.717, 1.165) is 41.7 Å². The maximum atomic E-state index is 5.48. The maximum Gasteiger partial charge on any atom is 0.191 e. The molecule has 0 aliphatic carbocycles. The smallest absolute Gasteiger partial charge is 0.191 e. The number of methoxy groups -OCH3 is 3. The van der Waals surface area contributed by atoms with Gasteiger partial charge in [0, 0.05) is 25.7 Å². The second-order valence-electron chi connectivity index (χ2n) is 6.47. The Hall–Kier alpha value is -2.89. The fourth-order valence-electron chi connectivity index (χ4n) is 3.00. The van der Waals surface area contributed by atoms with Crippen LogP contribution in [0.3, 0.4) is 0 Å². The Kier molecular flexibility index (Phi) is 8.46. The molecule has 0 heterocycles. The first-order valence-electron chi connectivity index (χ1n) is 9.41. The third kappa shape index (κ3) is 5.81. The molecule has 2 N–H and O–H groups in total. The molecule has 152 valence electrons. The molecule has 28 heavy (non-hydrogen) atoms. The third-order valence-electron chi connectivity index (χ3n) is 4.71. The molecule has 0 radical (unpaired) electrons. The lowest BCUT2D eigenvalue weighted by Gasteiger charge is -2.17. The summed E-state index contributed by atoms with van der Waals surface area (Å²) in [5.41, 5.74) is 2.31. The van der Waals surface area contributed by atoms with Gasteiger partial charge < -0.3 is 24.8 Å². The predicted molar refractivity (Wildman–Crippen MR) is 114 cm³/mol. The van der Waals surface area contributed by atoms with E-state index in [2.05, 4.69) is 34.7 Å². The van der Waals surface area contributed by atoms with Gasteiger partial charge in [-0.2, -0.15) is 0 Å². The summed E-state index contributed by atoms with van der Waals surface area (Å²) in [4.78, 5) is 4.30. The Morgan fingerprint density at radius 3 is 2.32 bits per heavy atom. The zero-order valence-electron chi connectivity index (χ0n) is 17.4. The van der Waals surface area contributed by atoms with Crippen molar-refractivity contribution in [3.63, 3.8) is 0 Å². The minimum atomic E-state index is 0.440. The summed E-state index contributed by atoms with van der Waals surface area (Å²) in [6.45, 7) is 3.64. The minimum absolute atomic E-state index is 0.440. The molecule has 6 heteroatoms. The number of ether oxygens (including phenoxy) is 3. The third-order valence-corrected chi connectivity index (χ3v) is 4.71. The van der Waals surface area contributed by atoms with Crippen molar-refractivity contribution in [3.05, 3.63) is 53.6 Å². The monoisotopic (exact) mass is 385 g/mol. The fourth-order valence-corrected chi connectivity index (χ4v) is 3.00. The second kappa shape index (κ2) is 11.1. The summed E-state index contributed by atoms with van der Waals surface area (Å²) >= 11 is 0. The van der Waals surface area contributed by atoms with Crippen molar-refractivity contribution in [1.82, 2.24) is 10.6 Å². The summed E-state index contributed by atoms with van der Waals surface area (Å²) in [6.07, 6.45) is 0.996. The number of aliphatic imine (C=N–C) groups is 1. The van der Waals surface area contributed by atoms with Gasteiger partial charge in [0.15, 0.2) is 17.5 Å². The highest BCUT2D eigenvalue weighted by molar-refractivity contribution is 5.79. The van der Waals surface area contributed by atoms with Crippen LogP contribution in [-0.2, 0) is 6.54 Å². The van der Waals surface area contributed by atoms with Gasteiger partial charge >= 0.3 is 0 Å². The number of guanidine groups is 1. The highest BCUT2D eigenvalue weighted by Crippen LogP contribution is 2.30. The zero-order valence-corrected chi connectivity index (χ0v) is 17.4. The van der Waals surface area contributed by atoms with Gasteiger partial charge in [-0.25, -0.2) is 0 Å². The molecule has 0 fully saturated rings. The van der Waals surface area contributed by atoms with Gasteiger partial charge in [-0.15, -0.1) is 0 Å². The molecule has 6 nitrogen and oxygen atoms in total. The minimum Gasteiger partial charge on any atom is -0.497 e. The predicted octanol–water partition coefficient (Wildman–Crippen LogP) is 3.57. The quantitative estimate of drug-likeness (QED) is 0.510. The van der Waals surface area contributed by atoms with Crippen molar-refractivity contribution in [2.75, 3.05) is 34.9 Å².